The largest absolute Gasteiger partial charge is 0.294 e. The standard InChI is InChI=1S/C12H12O/c1-3-4-7-11-8-5-6-9-12(11)10(2)13/h3-9H,1H2,2H3/b7-4+. The Hall–Kier alpha value is -1.63. The molecule has 0 aliphatic carbocycles. The molecule has 0 N–H and O–H groups in total. The molecule has 0 aliphatic heterocycles. The molecule has 0 bridgehead atoms. The van der Waals surface area contributed by atoms with Gasteiger partial charge in [-0.2, -0.15) is 0 Å². The van der Waals surface area contributed by atoms with Gasteiger partial charge in [-0.05, 0) is 12.5 Å². The second-order valence-electron chi connectivity index (χ2n) is 2.74. The Labute approximate surface area is 78.4 Å². The van der Waals surface area contributed by atoms with Crippen molar-refractivity contribution in [2.45, 2.75) is 6.92 Å². The van der Waals surface area contributed by atoms with Gasteiger partial charge in [0, 0.05) is 5.56 Å². The number of benzene rings is 1. The second-order valence-corrected chi connectivity index (χ2v) is 2.74. The summed E-state index contributed by atoms with van der Waals surface area (Å²) in [6, 6.07) is 7.51. The van der Waals surface area contributed by atoms with Gasteiger partial charge in [-0.3, -0.25) is 4.79 Å². The lowest BCUT2D eigenvalue weighted by Gasteiger charge is -1.99. The molecule has 0 fully saturated rings. The molecule has 0 saturated carbocycles. The zero-order valence-electron chi connectivity index (χ0n) is 7.66. The first-order valence-electron chi connectivity index (χ1n) is 4.15. The van der Waals surface area contributed by atoms with E-state index in [9.17, 15) is 4.79 Å². The highest BCUT2D eigenvalue weighted by Gasteiger charge is 2.01. The van der Waals surface area contributed by atoms with E-state index < -0.39 is 0 Å². The first-order chi connectivity index (χ1) is 6.25. The average Bonchev–Trinajstić information content (AvgIpc) is 2.15. The van der Waals surface area contributed by atoms with Crippen LogP contribution in [0.15, 0.2) is 43.0 Å². The molecule has 0 radical (unpaired) electrons. The molecule has 0 atom stereocenters. The van der Waals surface area contributed by atoms with Crippen molar-refractivity contribution in [1.82, 2.24) is 0 Å². The van der Waals surface area contributed by atoms with Crippen LogP contribution < -0.4 is 0 Å². The molecular weight excluding hydrogens is 160 g/mol. The lowest BCUT2D eigenvalue weighted by molar-refractivity contribution is 0.101. The molecule has 0 aliphatic rings. The topological polar surface area (TPSA) is 17.1 Å². The zero-order chi connectivity index (χ0) is 9.68. The number of ketones is 1. The molecule has 1 heteroatoms. The highest BCUT2D eigenvalue weighted by atomic mass is 16.1. The third-order valence-corrected chi connectivity index (χ3v) is 1.75. The van der Waals surface area contributed by atoms with E-state index in [4.69, 9.17) is 0 Å². The molecule has 0 spiro atoms. The van der Waals surface area contributed by atoms with E-state index >= 15 is 0 Å². The molecular formula is C12H12O. The number of allylic oxidation sites excluding steroid dienone is 2. The second kappa shape index (κ2) is 4.41. The first kappa shape index (κ1) is 9.46. The fourth-order valence-corrected chi connectivity index (χ4v) is 1.13. The van der Waals surface area contributed by atoms with Crippen LogP contribution in [0.25, 0.3) is 6.08 Å². The van der Waals surface area contributed by atoms with Crippen LogP contribution in [0.1, 0.15) is 22.8 Å². The van der Waals surface area contributed by atoms with Crippen molar-refractivity contribution in [3.8, 4) is 0 Å². The normalized spacial score (nSPS) is 10.2. The van der Waals surface area contributed by atoms with E-state index in [1.165, 1.54) is 0 Å². The third kappa shape index (κ3) is 2.41. The van der Waals surface area contributed by atoms with Crippen molar-refractivity contribution in [3.63, 3.8) is 0 Å². The lowest BCUT2D eigenvalue weighted by atomic mass is 10.0. The summed E-state index contributed by atoms with van der Waals surface area (Å²) in [7, 11) is 0. The predicted molar refractivity (Wildman–Crippen MR) is 55.7 cm³/mol. The van der Waals surface area contributed by atoms with Crippen LogP contribution in [0.5, 0.6) is 0 Å². The van der Waals surface area contributed by atoms with Crippen molar-refractivity contribution in [1.29, 1.82) is 0 Å². The van der Waals surface area contributed by atoms with Crippen LogP contribution in [0, 0.1) is 0 Å². The Morgan fingerprint density at radius 1 is 1.38 bits per heavy atom. The predicted octanol–water partition coefficient (Wildman–Crippen LogP) is 3.09. The minimum atomic E-state index is 0.0873. The van der Waals surface area contributed by atoms with E-state index in [0.29, 0.717) is 0 Å². The molecule has 0 amide bonds. The number of carbonyl (C=O) groups excluding carboxylic acids is 1. The maximum atomic E-state index is 11.2. The van der Waals surface area contributed by atoms with Crippen LogP contribution in [0.3, 0.4) is 0 Å². The number of rotatable bonds is 3. The van der Waals surface area contributed by atoms with Crippen molar-refractivity contribution >= 4 is 11.9 Å². The van der Waals surface area contributed by atoms with Gasteiger partial charge in [0.15, 0.2) is 5.78 Å². The molecule has 0 unspecified atom stereocenters. The van der Waals surface area contributed by atoms with Crippen molar-refractivity contribution in [2.24, 2.45) is 0 Å². The number of hydrogen-bond acceptors (Lipinski definition) is 1. The highest BCUT2D eigenvalue weighted by Crippen LogP contribution is 2.11. The van der Waals surface area contributed by atoms with Gasteiger partial charge in [0.05, 0.1) is 0 Å². The Balaban J connectivity index is 3.11. The quantitative estimate of drug-likeness (QED) is 0.505. The van der Waals surface area contributed by atoms with E-state index in [0.717, 1.165) is 11.1 Å². The van der Waals surface area contributed by atoms with Gasteiger partial charge in [0.1, 0.15) is 0 Å². The molecule has 1 rings (SSSR count). The maximum Gasteiger partial charge on any atom is 0.160 e. The van der Waals surface area contributed by atoms with Crippen LogP contribution >= 0.6 is 0 Å². The Morgan fingerprint density at radius 3 is 2.69 bits per heavy atom. The lowest BCUT2D eigenvalue weighted by Crippen LogP contribution is -1.94. The summed E-state index contributed by atoms with van der Waals surface area (Å²) in [5.74, 6) is 0.0873. The summed E-state index contributed by atoms with van der Waals surface area (Å²) in [4.78, 5) is 11.2. The molecule has 0 heterocycles. The van der Waals surface area contributed by atoms with Gasteiger partial charge in [0.25, 0.3) is 0 Å². The van der Waals surface area contributed by atoms with Crippen molar-refractivity contribution in [2.75, 3.05) is 0 Å². The van der Waals surface area contributed by atoms with Gasteiger partial charge < -0.3 is 0 Å². The highest BCUT2D eigenvalue weighted by molar-refractivity contribution is 5.97. The van der Waals surface area contributed by atoms with E-state index in [2.05, 4.69) is 6.58 Å². The van der Waals surface area contributed by atoms with Crippen LogP contribution in [-0.4, -0.2) is 5.78 Å². The fourth-order valence-electron chi connectivity index (χ4n) is 1.13. The fraction of sp³-hybridized carbons (Fsp3) is 0.0833. The Kier molecular flexibility index (Phi) is 3.21. The summed E-state index contributed by atoms with van der Waals surface area (Å²) >= 11 is 0. The maximum absolute atomic E-state index is 11.2. The Morgan fingerprint density at radius 2 is 2.08 bits per heavy atom. The van der Waals surface area contributed by atoms with Crippen LogP contribution in [0.2, 0.25) is 0 Å². The minimum Gasteiger partial charge on any atom is -0.294 e. The van der Waals surface area contributed by atoms with E-state index in [-0.39, 0.29) is 5.78 Å². The van der Waals surface area contributed by atoms with Gasteiger partial charge in [-0.25, -0.2) is 0 Å². The molecule has 0 saturated heterocycles. The summed E-state index contributed by atoms with van der Waals surface area (Å²) in [5.41, 5.74) is 1.69. The summed E-state index contributed by atoms with van der Waals surface area (Å²) in [6.07, 6.45) is 5.39. The van der Waals surface area contributed by atoms with E-state index in [1.54, 1.807) is 13.0 Å². The van der Waals surface area contributed by atoms with E-state index in [1.807, 2.05) is 36.4 Å². The Bertz CT molecular complexity index is 348. The molecule has 66 valence electrons. The van der Waals surface area contributed by atoms with Crippen LogP contribution in [0.4, 0.5) is 0 Å². The van der Waals surface area contributed by atoms with Gasteiger partial charge in [-0.1, -0.05) is 49.1 Å². The SMILES string of the molecule is C=C/C=C/c1ccccc1C(C)=O. The number of carbonyl (C=O) groups is 1. The molecule has 1 nitrogen and oxygen atoms in total. The number of hydrogen-bond donors (Lipinski definition) is 0. The smallest absolute Gasteiger partial charge is 0.160 e. The first-order valence-corrected chi connectivity index (χ1v) is 4.15. The molecule has 1 aromatic rings. The zero-order valence-corrected chi connectivity index (χ0v) is 7.66. The van der Waals surface area contributed by atoms with Gasteiger partial charge >= 0.3 is 0 Å². The summed E-state index contributed by atoms with van der Waals surface area (Å²) < 4.78 is 0. The molecule has 13 heavy (non-hydrogen) atoms. The third-order valence-electron chi connectivity index (χ3n) is 1.75. The van der Waals surface area contributed by atoms with Crippen molar-refractivity contribution in [3.05, 3.63) is 54.1 Å². The summed E-state index contributed by atoms with van der Waals surface area (Å²) in [6.45, 7) is 5.15. The van der Waals surface area contributed by atoms with Gasteiger partial charge in [0.2, 0.25) is 0 Å². The number of Topliss-reactive ketones (excluding diaryl/α,β-unsaturated/α-hetero) is 1. The molecule has 1 aromatic carbocycles. The van der Waals surface area contributed by atoms with Crippen LogP contribution in [-0.2, 0) is 0 Å². The summed E-state index contributed by atoms with van der Waals surface area (Å²) in [5, 5.41) is 0. The van der Waals surface area contributed by atoms with Crippen molar-refractivity contribution < 1.29 is 4.79 Å². The van der Waals surface area contributed by atoms with Gasteiger partial charge in [-0.15, -0.1) is 0 Å². The monoisotopic (exact) mass is 172 g/mol. The average molecular weight is 172 g/mol. The minimum absolute atomic E-state index is 0.0873. The molecule has 0 aromatic heterocycles.